The minimum absolute atomic E-state index is 0.125. The van der Waals surface area contributed by atoms with Crippen molar-refractivity contribution in [1.82, 2.24) is 0 Å². The maximum atomic E-state index is 13.0. The lowest BCUT2D eigenvalue weighted by molar-refractivity contribution is -0.375. The molecule has 0 aliphatic carbocycles. The van der Waals surface area contributed by atoms with Crippen LogP contribution in [-0.4, -0.2) is 167 Å². The van der Waals surface area contributed by atoms with Crippen LogP contribution in [0.1, 0.15) is 25.0 Å². The van der Waals surface area contributed by atoms with Crippen molar-refractivity contribution in [2.24, 2.45) is 0 Å². The second-order valence-electron chi connectivity index (χ2n) is 13.2. The molecule has 3 saturated heterocycles. The molecule has 3 heterocycles. The first-order valence-corrected chi connectivity index (χ1v) is 17.1. The Morgan fingerprint density at radius 3 is 1.93 bits per heavy atom. The maximum absolute atomic E-state index is 13.0. The molecule has 3 aliphatic heterocycles. The highest BCUT2D eigenvalue weighted by Gasteiger charge is 2.54. The van der Waals surface area contributed by atoms with Gasteiger partial charge in [-0.05, 0) is 61.7 Å². The summed E-state index contributed by atoms with van der Waals surface area (Å²) in [7, 11) is 0. The van der Waals surface area contributed by atoms with Gasteiger partial charge in [-0.1, -0.05) is 12.1 Å². The van der Waals surface area contributed by atoms with E-state index in [2.05, 4.69) is 0 Å². The minimum atomic E-state index is -1.91. The number of rotatable bonds is 12. The molecule has 0 unspecified atom stereocenters. The molecule has 0 bridgehead atoms. The quantitative estimate of drug-likeness (QED) is 0.0622. The van der Waals surface area contributed by atoms with Gasteiger partial charge in [0.25, 0.3) is 0 Å². The first-order valence-electron chi connectivity index (χ1n) is 17.1. The topological polar surface area (TPSA) is 304 Å². The van der Waals surface area contributed by atoms with Crippen molar-refractivity contribution in [3.05, 3.63) is 53.6 Å². The summed E-state index contributed by atoms with van der Waals surface area (Å²) in [5, 5.41) is 113. The zero-order chi connectivity index (χ0) is 39.4. The Morgan fingerprint density at radius 1 is 0.667 bits per heavy atom. The molecule has 2 aromatic carbocycles. The molecule has 300 valence electrons. The van der Waals surface area contributed by atoms with Gasteiger partial charge < -0.3 is 89.3 Å². The third kappa shape index (κ3) is 9.40. The Kier molecular flexibility index (Phi) is 13.7. The van der Waals surface area contributed by atoms with Crippen LogP contribution in [0.2, 0.25) is 0 Å². The predicted molar refractivity (Wildman–Crippen MR) is 178 cm³/mol. The van der Waals surface area contributed by atoms with E-state index in [1.54, 1.807) is 0 Å². The Bertz CT molecular complexity index is 1590. The lowest BCUT2D eigenvalue weighted by Crippen LogP contribution is -2.66. The molecule has 19 nitrogen and oxygen atoms in total. The van der Waals surface area contributed by atoms with Gasteiger partial charge >= 0.3 is 5.97 Å². The van der Waals surface area contributed by atoms with Gasteiger partial charge in [-0.15, -0.1) is 0 Å². The van der Waals surface area contributed by atoms with Crippen LogP contribution in [0.3, 0.4) is 0 Å². The number of carbonyl (C=O) groups is 1. The first-order chi connectivity index (χ1) is 25.6. The molecule has 0 amide bonds. The maximum Gasteiger partial charge on any atom is 0.331 e. The number of ether oxygens (including phenoxy) is 7. The van der Waals surface area contributed by atoms with Crippen LogP contribution in [0.15, 0.2) is 42.5 Å². The summed E-state index contributed by atoms with van der Waals surface area (Å²) in [4.78, 5) is 13.0. The van der Waals surface area contributed by atoms with E-state index in [4.69, 9.17) is 33.2 Å². The molecule has 0 spiro atoms. The van der Waals surface area contributed by atoms with Crippen LogP contribution in [0.5, 0.6) is 23.0 Å². The van der Waals surface area contributed by atoms with Crippen molar-refractivity contribution in [3.63, 3.8) is 0 Å². The smallest absolute Gasteiger partial charge is 0.331 e. The molecule has 0 aromatic heterocycles. The Morgan fingerprint density at radius 2 is 1.28 bits per heavy atom. The normalized spacial score (nSPS) is 37.3. The number of aliphatic hydroxyl groups is 7. The Labute approximate surface area is 308 Å². The summed E-state index contributed by atoms with van der Waals surface area (Å²) in [5.74, 6) is -2.55. The van der Waals surface area contributed by atoms with Crippen molar-refractivity contribution in [3.8, 4) is 23.0 Å². The van der Waals surface area contributed by atoms with Crippen molar-refractivity contribution >= 4 is 12.0 Å². The molecule has 3 fully saturated rings. The fraction of sp³-hybridized carbons (Fsp3) is 0.571. The van der Waals surface area contributed by atoms with Crippen LogP contribution >= 0.6 is 0 Å². The van der Waals surface area contributed by atoms with E-state index >= 15 is 0 Å². The lowest BCUT2D eigenvalue weighted by atomic mass is 9.96. The van der Waals surface area contributed by atoms with Crippen molar-refractivity contribution in [2.45, 2.75) is 112 Å². The molecule has 2 aromatic rings. The second-order valence-corrected chi connectivity index (χ2v) is 13.2. The minimum Gasteiger partial charge on any atom is -0.504 e. The number of hydrogen-bond acceptors (Lipinski definition) is 19. The average molecular weight is 771 g/mol. The van der Waals surface area contributed by atoms with Crippen LogP contribution in [-0.2, 0) is 44.4 Å². The average Bonchev–Trinajstić information content (AvgIpc) is 3.14. The number of esters is 1. The highest BCUT2D eigenvalue weighted by molar-refractivity contribution is 5.87. The van der Waals surface area contributed by atoms with E-state index in [0.717, 1.165) is 6.08 Å². The summed E-state index contributed by atoms with van der Waals surface area (Å²) in [6, 6.07) is 7.88. The number of aliphatic hydroxyl groups excluding tert-OH is 7. The van der Waals surface area contributed by atoms with Crippen LogP contribution in [0.4, 0.5) is 0 Å². The van der Waals surface area contributed by atoms with Gasteiger partial charge in [-0.3, -0.25) is 0 Å². The summed E-state index contributed by atoms with van der Waals surface area (Å²) in [5.41, 5.74) is 0.848. The lowest BCUT2D eigenvalue weighted by Gasteiger charge is -2.48. The highest BCUT2D eigenvalue weighted by atomic mass is 16.8. The number of aromatic hydroxyl groups is 4. The number of hydrogen-bond donors (Lipinski definition) is 11. The molecular weight excluding hydrogens is 724 g/mol. The largest absolute Gasteiger partial charge is 0.504 e. The molecule has 54 heavy (non-hydrogen) atoms. The SMILES string of the molecule is C[C@@H]1O[C@@H](O[C@H]2[C@H](O)[C@@H](OCCc3ccc(O)c(O)c3)O[C@@H](CO)[C@@H]2OC(=O)/C=C\c2ccc(O)c(O)c2)[C@H](O)[C@H](O)[C@@H]1O[C@@H]1O[C@H](C)[C@H](O)[C@H](O)[C@H]1O. The monoisotopic (exact) mass is 770 g/mol. The molecule has 15 atom stereocenters. The summed E-state index contributed by atoms with van der Waals surface area (Å²) >= 11 is 0. The summed E-state index contributed by atoms with van der Waals surface area (Å²) < 4.78 is 40.0. The fourth-order valence-corrected chi connectivity index (χ4v) is 6.22. The van der Waals surface area contributed by atoms with Gasteiger partial charge in [0.2, 0.25) is 0 Å². The molecule has 3 aliphatic rings. The summed E-state index contributed by atoms with van der Waals surface area (Å²) in [6.07, 6.45) is -20.9. The van der Waals surface area contributed by atoms with Crippen molar-refractivity contribution in [2.75, 3.05) is 13.2 Å². The third-order valence-corrected chi connectivity index (χ3v) is 9.34. The van der Waals surface area contributed by atoms with Crippen molar-refractivity contribution in [1.29, 1.82) is 0 Å². The highest BCUT2D eigenvalue weighted by Crippen LogP contribution is 2.34. The number of phenols is 4. The van der Waals surface area contributed by atoms with Crippen LogP contribution in [0, 0.1) is 0 Å². The van der Waals surface area contributed by atoms with Gasteiger partial charge in [0.1, 0.15) is 54.9 Å². The van der Waals surface area contributed by atoms with E-state index < -0.39 is 110 Å². The van der Waals surface area contributed by atoms with E-state index in [9.17, 15) is 61.0 Å². The van der Waals surface area contributed by atoms with E-state index in [1.807, 2.05) is 0 Å². The predicted octanol–water partition coefficient (Wildman–Crippen LogP) is -2.16. The van der Waals surface area contributed by atoms with Crippen molar-refractivity contribution < 1.29 is 94.1 Å². The van der Waals surface area contributed by atoms with Crippen LogP contribution in [0.25, 0.3) is 6.08 Å². The second kappa shape index (κ2) is 17.9. The third-order valence-electron chi connectivity index (χ3n) is 9.34. The van der Waals surface area contributed by atoms with Gasteiger partial charge in [0.15, 0.2) is 48.0 Å². The number of benzene rings is 2. The first kappa shape index (κ1) is 41.5. The van der Waals surface area contributed by atoms with Gasteiger partial charge in [-0.25, -0.2) is 4.79 Å². The zero-order valence-electron chi connectivity index (χ0n) is 29.1. The fourth-order valence-electron chi connectivity index (χ4n) is 6.22. The molecule has 19 heteroatoms. The molecular formula is C35H46O19. The van der Waals surface area contributed by atoms with E-state index in [1.165, 1.54) is 56.3 Å². The molecule has 0 saturated carbocycles. The van der Waals surface area contributed by atoms with Crippen LogP contribution < -0.4 is 0 Å². The van der Waals surface area contributed by atoms with Gasteiger partial charge in [-0.2, -0.15) is 0 Å². The van der Waals surface area contributed by atoms with E-state index in [-0.39, 0.29) is 30.3 Å². The Hall–Kier alpha value is -3.67. The summed E-state index contributed by atoms with van der Waals surface area (Å²) in [6.45, 7) is 1.93. The van der Waals surface area contributed by atoms with Gasteiger partial charge in [0.05, 0.1) is 25.4 Å². The number of carbonyl (C=O) groups excluding carboxylic acids is 1. The molecule has 11 N–H and O–H groups in total. The molecule has 5 rings (SSSR count). The van der Waals surface area contributed by atoms with E-state index in [0.29, 0.717) is 11.1 Å². The standard InChI is InChI=1S/C35H46O19/c1-14-24(42)25(43)27(45)34(49-14)53-30-15(2)50-35(28(46)26(30)44)54-32-29(47)33(48-10-9-17-4-7-19(38)21(40)12-17)51-22(13-36)31(32)52-23(41)8-5-16-3-6-18(37)20(39)11-16/h3-8,11-12,14-15,22,24-40,42-47H,9-10,13H2,1-2H3/b8-5-/t14-,15+,22+,24+,25+,26+,27-,28-,29+,30-,31+,32+,33+,34+,35+/m1/s1. The number of phenolic OH excluding ortho intramolecular Hbond substituents is 4. The Balaban J connectivity index is 1.33. The molecule has 0 radical (unpaired) electrons. The zero-order valence-corrected chi connectivity index (χ0v) is 29.1. The van der Waals surface area contributed by atoms with Gasteiger partial charge in [0, 0.05) is 6.08 Å².